The van der Waals surface area contributed by atoms with Gasteiger partial charge in [0, 0.05) is 19.4 Å². The van der Waals surface area contributed by atoms with E-state index in [1.807, 2.05) is 0 Å². The SMILES string of the molecule is C#CCCC(=O)N1CCOC(C(=O)O)C1. The standard InChI is InChI=1S/C10H13NO4/c1-2-3-4-9(12)11-5-6-15-8(7-11)10(13)14/h1,8H,3-7H2,(H,13,14). The molecule has 1 fully saturated rings. The second-order valence-corrected chi connectivity index (χ2v) is 3.24. The van der Waals surface area contributed by atoms with Crippen molar-refractivity contribution in [1.82, 2.24) is 4.90 Å². The van der Waals surface area contributed by atoms with Crippen molar-refractivity contribution in [3.05, 3.63) is 0 Å². The van der Waals surface area contributed by atoms with Crippen LogP contribution in [0, 0.1) is 12.3 Å². The monoisotopic (exact) mass is 211 g/mol. The topological polar surface area (TPSA) is 66.8 Å². The van der Waals surface area contributed by atoms with Crippen LogP contribution in [0.5, 0.6) is 0 Å². The minimum absolute atomic E-state index is 0.109. The van der Waals surface area contributed by atoms with Crippen molar-refractivity contribution in [1.29, 1.82) is 0 Å². The van der Waals surface area contributed by atoms with Gasteiger partial charge in [-0.25, -0.2) is 4.79 Å². The highest BCUT2D eigenvalue weighted by atomic mass is 16.5. The Labute approximate surface area is 88.0 Å². The number of hydrogen-bond acceptors (Lipinski definition) is 3. The summed E-state index contributed by atoms with van der Waals surface area (Å²) in [5, 5.41) is 8.72. The molecule has 1 atom stereocenters. The maximum absolute atomic E-state index is 11.5. The number of carboxylic acids is 1. The molecule has 0 aromatic heterocycles. The van der Waals surface area contributed by atoms with Crippen molar-refractivity contribution in [2.45, 2.75) is 18.9 Å². The molecule has 1 unspecified atom stereocenters. The minimum Gasteiger partial charge on any atom is -0.479 e. The van der Waals surface area contributed by atoms with Gasteiger partial charge in [-0.05, 0) is 0 Å². The Morgan fingerprint density at radius 3 is 2.93 bits per heavy atom. The van der Waals surface area contributed by atoms with Crippen LogP contribution in [0.2, 0.25) is 0 Å². The van der Waals surface area contributed by atoms with Gasteiger partial charge in [0.2, 0.25) is 5.91 Å². The Morgan fingerprint density at radius 2 is 2.33 bits per heavy atom. The Kier molecular flexibility index (Phi) is 4.13. The summed E-state index contributed by atoms with van der Waals surface area (Å²) in [5.41, 5.74) is 0. The molecule has 0 spiro atoms. The molecule has 0 saturated carbocycles. The highest BCUT2D eigenvalue weighted by molar-refractivity contribution is 5.78. The van der Waals surface area contributed by atoms with Gasteiger partial charge in [-0.15, -0.1) is 12.3 Å². The van der Waals surface area contributed by atoms with Crippen LogP contribution < -0.4 is 0 Å². The van der Waals surface area contributed by atoms with Crippen molar-refractivity contribution in [3.8, 4) is 12.3 Å². The number of carbonyl (C=O) groups excluding carboxylic acids is 1. The molecule has 1 rings (SSSR count). The number of hydrogen-bond donors (Lipinski definition) is 1. The summed E-state index contributed by atoms with van der Waals surface area (Å²) in [5.74, 6) is 1.23. The summed E-state index contributed by atoms with van der Waals surface area (Å²) >= 11 is 0. The van der Waals surface area contributed by atoms with Gasteiger partial charge in [0.25, 0.3) is 0 Å². The van der Waals surface area contributed by atoms with Crippen molar-refractivity contribution in [3.63, 3.8) is 0 Å². The van der Waals surface area contributed by atoms with E-state index in [9.17, 15) is 9.59 Å². The van der Waals surface area contributed by atoms with E-state index in [1.165, 1.54) is 4.90 Å². The lowest BCUT2D eigenvalue weighted by Gasteiger charge is -2.30. The lowest BCUT2D eigenvalue weighted by molar-refractivity contribution is -0.159. The summed E-state index contributed by atoms with van der Waals surface area (Å²) in [6.45, 7) is 0.810. The summed E-state index contributed by atoms with van der Waals surface area (Å²) in [6.07, 6.45) is 4.78. The number of aliphatic carboxylic acids is 1. The molecule has 0 aromatic rings. The molecule has 5 heteroatoms. The zero-order valence-electron chi connectivity index (χ0n) is 8.31. The quantitative estimate of drug-likeness (QED) is 0.651. The first-order valence-electron chi connectivity index (χ1n) is 4.71. The number of amides is 1. The van der Waals surface area contributed by atoms with Gasteiger partial charge in [0.05, 0.1) is 13.2 Å². The van der Waals surface area contributed by atoms with E-state index in [1.54, 1.807) is 0 Å². The minimum atomic E-state index is -1.04. The molecule has 5 nitrogen and oxygen atoms in total. The molecule has 15 heavy (non-hydrogen) atoms. The molecule has 0 aliphatic carbocycles. The number of morpholine rings is 1. The number of rotatable bonds is 3. The number of terminal acetylenes is 1. The van der Waals surface area contributed by atoms with Crippen molar-refractivity contribution in [2.24, 2.45) is 0 Å². The Balaban J connectivity index is 2.45. The molecule has 0 bridgehead atoms. The van der Waals surface area contributed by atoms with Crippen LogP contribution >= 0.6 is 0 Å². The van der Waals surface area contributed by atoms with Gasteiger partial charge in [-0.3, -0.25) is 4.79 Å². The van der Waals surface area contributed by atoms with E-state index in [0.29, 0.717) is 13.0 Å². The Hall–Kier alpha value is -1.54. The maximum Gasteiger partial charge on any atom is 0.334 e. The summed E-state index contributed by atoms with van der Waals surface area (Å²) in [4.78, 5) is 23.6. The molecule has 1 amide bonds. The number of ether oxygens (including phenoxy) is 1. The van der Waals surface area contributed by atoms with Crippen molar-refractivity contribution in [2.75, 3.05) is 19.7 Å². The van der Waals surface area contributed by atoms with Crippen LogP contribution in [0.1, 0.15) is 12.8 Å². The average Bonchev–Trinajstić information content (AvgIpc) is 2.26. The number of nitrogens with zero attached hydrogens (tertiary/aromatic N) is 1. The van der Waals surface area contributed by atoms with Gasteiger partial charge >= 0.3 is 5.97 Å². The van der Waals surface area contributed by atoms with Crippen molar-refractivity contribution < 1.29 is 19.4 Å². The fourth-order valence-corrected chi connectivity index (χ4v) is 1.36. The molecule has 1 saturated heterocycles. The zero-order chi connectivity index (χ0) is 11.3. The molecule has 1 aliphatic heterocycles. The van der Waals surface area contributed by atoms with Crippen LogP contribution in [0.3, 0.4) is 0 Å². The van der Waals surface area contributed by atoms with E-state index in [4.69, 9.17) is 16.3 Å². The van der Waals surface area contributed by atoms with E-state index >= 15 is 0 Å². The van der Waals surface area contributed by atoms with Gasteiger partial charge < -0.3 is 14.7 Å². The predicted molar refractivity (Wildman–Crippen MR) is 52.0 cm³/mol. The van der Waals surface area contributed by atoms with Crippen LogP contribution in [0.25, 0.3) is 0 Å². The van der Waals surface area contributed by atoms with E-state index in [2.05, 4.69) is 5.92 Å². The van der Waals surface area contributed by atoms with E-state index in [-0.39, 0.29) is 25.5 Å². The van der Waals surface area contributed by atoms with E-state index < -0.39 is 12.1 Å². The van der Waals surface area contributed by atoms with Crippen molar-refractivity contribution >= 4 is 11.9 Å². The molecule has 0 radical (unpaired) electrons. The first-order valence-corrected chi connectivity index (χ1v) is 4.71. The Morgan fingerprint density at radius 1 is 1.60 bits per heavy atom. The highest BCUT2D eigenvalue weighted by Gasteiger charge is 2.28. The molecular formula is C10H13NO4. The second kappa shape index (κ2) is 5.37. The smallest absolute Gasteiger partial charge is 0.334 e. The maximum atomic E-state index is 11.5. The third kappa shape index (κ3) is 3.26. The van der Waals surface area contributed by atoms with Gasteiger partial charge in [-0.2, -0.15) is 0 Å². The fourth-order valence-electron chi connectivity index (χ4n) is 1.36. The fraction of sp³-hybridized carbons (Fsp3) is 0.600. The third-order valence-corrected chi connectivity index (χ3v) is 2.18. The predicted octanol–water partition coefficient (Wildman–Crippen LogP) is -0.288. The summed E-state index contributed by atoms with van der Waals surface area (Å²) in [6, 6.07) is 0. The second-order valence-electron chi connectivity index (χ2n) is 3.24. The molecule has 0 aromatic carbocycles. The number of carbonyl (C=O) groups is 2. The van der Waals surface area contributed by atoms with E-state index in [0.717, 1.165) is 0 Å². The number of carboxylic acid groups (broad SMARTS) is 1. The first-order chi connectivity index (χ1) is 7.15. The molecule has 1 aliphatic rings. The Bertz CT molecular complexity index is 294. The molecular weight excluding hydrogens is 198 g/mol. The van der Waals surface area contributed by atoms with Crippen LogP contribution in [0.4, 0.5) is 0 Å². The highest BCUT2D eigenvalue weighted by Crippen LogP contribution is 2.07. The van der Waals surface area contributed by atoms with Crippen LogP contribution in [-0.4, -0.2) is 47.7 Å². The summed E-state index contributed by atoms with van der Waals surface area (Å²) in [7, 11) is 0. The third-order valence-electron chi connectivity index (χ3n) is 2.18. The largest absolute Gasteiger partial charge is 0.479 e. The van der Waals surface area contributed by atoms with Crippen LogP contribution in [0.15, 0.2) is 0 Å². The lowest BCUT2D eigenvalue weighted by Crippen LogP contribution is -2.48. The average molecular weight is 211 g/mol. The zero-order valence-corrected chi connectivity index (χ0v) is 8.31. The normalized spacial score (nSPS) is 20.7. The summed E-state index contributed by atoms with van der Waals surface area (Å²) < 4.78 is 4.99. The van der Waals surface area contributed by atoms with Crippen LogP contribution in [-0.2, 0) is 14.3 Å². The molecule has 1 N–H and O–H groups in total. The lowest BCUT2D eigenvalue weighted by atomic mass is 10.2. The molecule has 1 heterocycles. The first kappa shape index (κ1) is 11.5. The van der Waals surface area contributed by atoms with Gasteiger partial charge in [0.1, 0.15) is 0 Å². The molecule has 82 valence electrons. The van der Waals surface area contributed by atoms with Gasteiger partial charge in [-0.1, -0.05) is 0 Å². The van der Waals surface area contributed by atoms with Gasteiger partial charge in [0.15, 0.2) is 6.10 Å².